The Labute approximate surface area is 187 Å². The van der Waals surface area contributed by atoms with Crippen LogP contribution in [0.2, 0.25) is 5.02 Å². The van der Waals surface area contributed by atoms with Crippen LogP contribution in [0.1, 0.15) is 37.7 Å². The maximum Gasteiger partial charge on any atom is 0.338 e. The largest absolute Gasteiger partial charge is 0.456 e. The van der Waals surface area contributed by atoms with Crippen LogP contribution in [-0.4, -0.2) is 21.4 Å². The Morgan fingerprint density at radius 2 is 1.91 bits per heavy atom. The van der Waals surface area contributed by atoms with Crippen LogP contribution in [0.3, 0.4) is 0 Å². The van der Waals surface area contributed by atoms with Crippen molar-refractivity contribution < 1.29 is 18.8 Å². The van der Waals surface area contributed by atoms with Crippen molar-refractivity contribution in [2.45, 2.75) is 20.5 Å². The topological polar surface area (TPSA) is 103 Å². The lowest BCUT2D eigenvalue weighted by atomic mass is 10.1. The van der Waals surface area contributed by atoms with E-state index >= 15 is 0 Å². The highest BCUT2D eigenvalue weighted by atomic mass is 35.5. The van der Waals surface area contributed by atoms with E-state index in [0.29, 0.717) is 38.9 Å². The summed E-state index contributed by atoms with van der Waals surface area (Å²) < 4.78 is 11.7. The van der Waals surface area contributed by atoms with Crippen molar-refractivity contribution in [2.75, 3.05) is 5.32 Å². The van der Waals surface area contributed by atoms with Gasteiger partial charge in [0.15, 0.2) is 5.65 Å². The molecule has 8 nitrogen and oxygen atoms in total. The lowest BCUT2D eigenvalue weighted by molar-refractivity contribution is 0.0466. The van der Waals surface area contributed by atoms with Gasteiger partial charge >= 0.3 is 5.97 Å². The Balaban J connectivity index is 1.49. The van der Waals surface area contributed by atoms with Crippen LogP contribution in [0.25, 0.3) is 5.65 Å². The molecular formula is C23H18ClN3O5. The minimum atomic E-state index is -0.605. The summed E-state index contributed by atoms with van der Waals surface area (Å²) in [7, 11) is 0. The highest BCUT2D eigenvalue weighted by Crippen LogP contribution is 2.21. The van der Waals surface area contributed by atoms with Crippen molar-refractivity contribution >= 4 is 34.8 Å². The molecule has 0 radical (unpaired) electrons. The van der Waals surface area contributed by atoms with Crippen molar-refractivity contribution in [1.82, 2.24) is 9.56 Å². The predicted molar refractivity (Wildman–Crippen MR) is 118 cm³/mol. The van der Waals surface area contributed by atoms with Crippen molar-refractivity contribution in [3.63, 3.8) is 0 Å². The molecule has 4 rings (SSSR count). The number of rotatable bonds is 5. The van der Waals surface area contributed by atoms with E-state index in [2.05, 4.69) is 10.3 Å². The number of nitrogens with zero attached hydrogens (tertiary/aromatic N) is 2. The molecule has 0 atom stereocenters. The van der Waals surface area contributed by atoms with E-state index in [9.17, 15) is 14.4 Å². The van der Waals surface area contributed by atoms with Crippen LogP contribution >= 0.6 is 11.6 Å². The van der Waals surface area contributed by atoms with Crippen LogP contribution in [-0.2, 0) is 11.3 Å². The molecule has 2 aromatic heterocycles. The van der Waals surface area contributed by atoms with Crippen LogP contribution in [0, 0.1) is 13.8 Å². The van der Waals surface area contributed by atoms with E-state index in [4.69, 9.17) is 20.9 Å². The summed E-state index contributed by atoms with van der Waals surface area (Å²) in [5.41, 5.74) is 1.92. The van der Waals surface area contributed by atoms with Crippen LogP contribution in [0.4, 0.5) is 5.69 Å². The van der Waals surface area contributed by atoms with E-state index in [1.54, 1.807) is 62.4 Å². The zero-order valence-electron chi connectivity index (χ0n) is 17.2. The number of aryl methyl sites for hydroxylation is 1. The standard InChI is InChI=1S/C23H18ClN3O5/c1-13-9-20-25-17(11-21(28)27(20)32-13)12-31-23(30)18-7-4-8-19(14(18)2)26-22(29)15-5-3-6-16(24)10-15/h3-11H,12H2,1-2H3,(H,26,29). The molecule has 0 saturated heterocycles. The Bertz CT molecular complexity index is 1410. The van der Waals surface area contributed by atoms with Gasteiger partial charge in [-0.2, -0.15) is 0 Å². The van der Waals surface area contributed by atoms with E-state index in [1.807, 2.05) is 0 Å². The molecule has 32 heavy (non-hydrogen) atoms. The number of amides is 1. The molecule has 9 heteroatoms. The number of carbonyl (C=O) groups excluding carboxylic acids is 2. The summed E-state index contributed by atoms with van der Waals surface area (Å²) in [6, 6.07) is 14.3. The molecule has 0 spiro atoms. The average Bonchev–Trinajstić information content (AvgIpc) is 3.14. The molecule has 1 N–H and O–H groups in total. The van der Waals surface area contributed by atoms with Crippen molar-refractivity contribution in [3.05, 3.63) is 98.1 Å². The van der Waals surface area contributed by atoms with Crippen LogP contribution in [0.5, 0.6) is 0 Å². The number of fused-ring (bicyclic) bond motifs is 1. The molecule has 2 heterocycles. The molecule has 4 aromatic rings. The molecule has 0 bridgehead atoms. The summed E-state index contributed by atoms with van der Waals surface area (Å²) in [6.45, 7) is 3.22. The number of benzene rings is 2. The summed E-state index contributed by atoms with van der Waals surface area (Å²) in [6.07, 6.45) is 0. The lowest BCUT2D eigenvalue weighted by Crippen LogP contribution is -2.16. The zero-order valence-corrected chi connectivity index (χ0v) is 18.0. The molecule has 162 valence electrons. The fourth-order valence-corrected chi connectivity index (χ4v) is 3.37. The third-order valence-corrected chi connectivity index (χ3v) is 5.00. The smallest absolute Gasteiger partial charge is 0.338 e. The van der Waals surface area contributed by atoms with Gasteiger partial charge in [-0.15, -0.1) is 4.57 Å². The fourth-order valence-electron chi connectivity index (χ4n) is 3.18. The Kier molecular flexibility index (Phi) is 5.79. The first-order chi connectivity index (χ1) is 15.3. The number of nitrogens with one attached hydrogen (secondary N) is 1. The van der Waals surface area contributed by atoms with E-state index in [0.717, 1.165) is 4.57 Å². The first kappa shape index (κ1) is 21.3. The number of halogens is 1. The second kappa shape index (κ2) is 8.68. The summed E-state index contributed by atoms with van der Waals surface area (Å²) in [4.78, 5) is 41.6. The van der Waals surface area contributed by atoms with Crippen molar-refractivity contribution in [3.8, 4) is 0 Å². The first-order valence-corrected chi connectivity index (χ1v) is 10.0. The minimum absolute atomic E-state index is 0.187. The normalized spacial score (nSPS) is 10.8. The van der Waals surface area contributed by atoms with Gasteiger partial charge in [0.1, 0.15) is 12.4 Å². The van der Waals surface area contributed by atoms with Gasteiger partial charge in [0.2, 0.25) is 0 Å². The van der Waals surface area contributed by atoms with E-state index in [1.165, 1.54) is 6.07 Å². The molecule has 0 aliphatic heterocycles. The summed E-state index contributed by atoms with van der Waals surface area (Å²) >= 11 is 5.95. The monoisotopic (exact) mass is 451 g/mol. The van der Waals surface area contributed by atoms with Crippen LogP contribution < -0.4 is 10.9 Å². The molecule has 0 aliphatic rings. The maximum absolute atomic E-state index is 12.7. The second-order valence-corrected chi connectivity index (χ2v) is 7.54. The number of esters is 1. The molecule has 0 saturated carbocycles. The SMILES string of the molecule is Cc1cc2nc(COC(=O)c3cccc(NC(=O)c4cccc(Cl)c4)c3C)cc(=O)n2o1. The summed E-state index contributed by atoms with van der Waals surface area (Å²) in [5, 5.41) is 3.23. The molecule has 0 aliphatic carbocycles. The number of anilines is 1. The van der Waals surface area contributed by atoms with Gasteiger partial charge in [0.05, 0.1) is 11.3 Å². The third-order valence-electron chi connectivity index (χ3n) is 4.76. The molecule has 0 fully saturated rings. The quantitative estimate of drug-likeness (QED) is 0.457. The lowest BCUT2D eigenvalue weighted by Gasteiger charge is -2.12. The van der Waals surface area contributed by atoms with Gasteiger partial charge in [0, 0.05) is 28.4 Å². The molecule has 2 aromatic carbocycles. The van der Waals surface area contributed by atoms with Crippen molar-refractivity contribution in [1.29, 1.82) is 0 Å². The second-order valence-electron chi connectivity index (χ2n) is 7.10. The maximum atomic E-state index is 12.7. The highest BCUT2D eigenvalue weighted by molar-refractivity contribution is 6.31. The van der Waals surface area contributed by atoms with Gasteiger partial charge in [-0.05, 0) is 49.7 Å². The number of hydrogen-bond donors (Lipinski definition) is 1. The third kappa shape index (κ3) is 4.40. The number of ether oxygens (including phenoxy) is 1. The zero-order chi connectivity index (χ0) is 22.8. The van der Waals surface area contributed by atoms with Gasteiger partial charge < -0.3 is 14.6 Å². The first-order valence-electron chi connectivity index (χ1n) is 9.65. The van der Waals surface area contributed by atoms with Gasteiger partial charge in [0.25, 0.3) is 11.5 Å². The van der Waals surface area contributed by atoms with E-state index < -0.39 is 11.5 Å². The van der Waals surface area contributed by atoms with Gasteiger partial charge in [-0.1, -0.05) is 23.7 Å². The number of aromatic nitrogens is 2. The Morgan fingerprint density at radius 1 is 1.12 bits per heavy atom. The fraction of sp³-hybridized carbons (Fsp3) is 0.130. The molecule has 0 unspecified atom stereocenters. The Hall–Kier alpha value is -3.91. The minimum Gasteiger partial charge on any atom is -0.456 e. The predicted octanol–water partition coefficient (Wildman–Crippen LogP) is 4.17. The highest BCUT2D eigenvalue weighted by Gasteiger charge is 2.16. The Morgan fingerprint density at radius 3 is 2.69 bits per heavy atom. The van der Waals surface area contributed by atoms with E-state index in [-0.39, 0.29) is 18.1 Å². The average molecular weight is 452 g/mol. The van der Waals surface area contributed by atoms with Gasteiger partial charge in [-0.25, -0.2) is 9.78 Å². The number of carbonyl (C=O) groups is 2. The molecule has 1 amide bonds. The van der Waals surface area contributed by atoms with Crippen molar-refractivity contribution in [2.24, 2.45) is 0 Å². The van der Waals surface area contributed by atoms with Crippen LogP contribution in [0.15, 0.2) is 63.9 Å². The van der Waals surface area contributed by atoms with Gasteiger partial charge in [-0.3, -0.25) is 9.59 Å². The summed E-state index contributed by atoms with van der Waals surface area (Å²) in [5.74, 6) is -0.419. The number of hydrogen-bond acceptors (Lipinski definition) is 6. The molecular weight excluding hydrogens is 434 g/mol.